The van der Waals surface area contributed by atoms with Gasteiger partial charge in [-0.25, -0.2) is 0 Å². The Labute approximate surface area is 169 Å². The largest absolute Gasteiger partial charge is 0.340 e. The summed E-state index contributed by atoms with van der Waals surface area (Å²) in [5.41, 5.74) is 5.92. The molecule has 1 aliphatic carbocycles. The van der Waals surface area contributed by atoms with Crippen molar-refractivity contribution in [3.63, 3.8) is 0 Å². The zero-order valence-corrected chi connectivity index (χ0v) is 18.1. The molecule has 0 aromatic carbocycles. The van der Waals surface area contributed by atoms with E-state index in [2.05, 4.69) is 4.90 Å². The first-order valence-electron chi connectivity index (χ1n) is 9.73. The van der Waals surface area contributed by atoms with Crippen molar-refractivity contribution in [3.8, 4) is 0 Å². The molecule has 3 fully saturated rings. The quantitative estimate of drug-likeness (QED) is 0.687. The van der Waals surface area contributed by atoms with Gasteiger partial charge in [-0.3, -0.25) is 4.79 Å². The molecule has 0 spiro atoms. The molecule has 2 N–H and O–H groups in total. The van der Waals surface area contributed by atoms with Gasteiger partial charge < -0.3 is 15.5 Å². The van der Waals surface area contributed by atoms with Crippen molar-refractivity contribution in [1.29, 1.82) is 0 Å². The van der Waals surface area contributed by atoms with Crippen LogP contribution in [-0.2, 0) is 15.0 Å². The van der Waals surface area contributed by atoms with Gasteiger partial charge in [0.15, 0.2) is 0 Å². The third kappa shape index (κ3) is 4.94. The van der Waals surface area contributed by atoms with E-state index in [-0.39, 0.29) is 24.2 Å². The van der Waals surface area contributed by atoms with E-state index in [9.17, 15) is 13.2 Å². The SMILES string of the molecule is CN1CCN(S(=O)(=O)N2CCN(C(=O)C3CCCCC3(C)N)CC2)CC1.Cl. The van der Waals surface area contributed by atoms with E-state index < -0.39 is 15.7 Å². The summed E-state index contributed by atoms with van der Waals surface area (Å²) >= 11 is 0. The van der Waals surface area contributed by atoms with Gasteiger partial charge in [0.05, 0.1) is 5.92 Å². The first kappa shape index (κ1) is 22.8. The van der Waals surface area contributed by atoms with Crippen molar-refractivity contribution >= 4 is 28.5 Å². The van der Waals surface area contributed by atoms with E-state index in [4.69, 9.17) is 5.73 Å². The highest BCUT2D eigenvalue weighted by atomic mass is 35.5. The Morgan fingerprint density at radius 3 is 2.00 bits per heavy atom. The number of nitrogens with two attached hydrogens (primary N) is 1. The summed E-state index contributed by atoms with van der Waals surface area (Å²) in [6.45, 7) is 6.21. The minimum Gasteiger partial charge on any atom is -0.340 e. The van der Waals surface area contributed by atoms with E-state index in [1.54, 1.807) is 4.31 Å². The molecule has 27 heavy (non-hydrogen) atoms. The maximum absolute atomic E-state index is 12.9. The zero-order valence-electron chi connectivity index (χ0n) is 16.5. The fourth-order valence-corrected chi connectivity index (χ4v) is 5.88. The Hall–Kier alpha value is -0.450. The fourth-order valence-electron chi connectivity index (χ4n) is 4.31. The van der Waals surface area contributed by atoms with Crippen molar-refractivity contribution in [3.05, 3.63) is 0 Å². The highest BCUT2D eigenvalue weighted by molar-refractivity contribution is 7.86. The van der Waals surface area contributed by atoms with Crippen LogP contribution in [-0.4, -0.2) is 97.7 Å². The molecule has 1 amide bonds. The molecule has 2 aliphatic heterocycles. The number of hydrogen-bond acceptors (Lipinski definition) is 5. The first-order valence-corrected chi connectivity index (χ1v) is 11.1. The molecule has 0 radical (unpaired) electrons. The Bertz CT molecular complexity index is 614. The average Bonchev–Trinajstić information content (AvgIpc) is 2.61. The van der Waals surface area contributed by atoms with Crippen LogP contribution < -0.4 is 5.73 Å². The van der Waals surface area contributed by atoms with Crippen LogP contribution in [0.2, 0.25) is 0 Å². The number of rotatable bonds is 3. The van der Waals surface area contributed by atoms with Gasteiger partial charge in [-0.05, 0) is 26.8 Å². The molecule has 3 aliphatic rings. The molecule has 0 aromatic rings. The highest BCUT2D eigenvalue weighted by Gasteiger charge is 2.41. The standard InChI is InChI=1S/C17H33N5O3S.ClH/c1-17(18)6-4-3-5-15(17)16(23)20-9-13-22(14-10-20)26(24,25)21-11-7-19(2)8-12-21;/h15H,3-14,18H2,1-2H3;1H. The maximum atomic E-state index is 12.9. The number of carbonyl (C=O) groups is 1. The predicted molar refractivity (Wildman–Crippen MR) is 108 cm³/mol. The lowest BCUT2D eigenvalue weighted by atomic mass is 9.74. The lowest BCUT2D eigenvalue weighted by Gasteiger charge is -2.43. The number of carbonyl (C=O) groups excluding carboxylic acids is 1. The van der Waals surface area contributed by atoms with Crippen LogP contribution in [0.1, 0.15) is 32.6 Å². The fraction of sp³-hybridized carbons (Fsp3) is 0.941. The molecule has 0 aromatic heterocycles. The number of nitrogens with zero attached hydrogens (tertiary/aromatic N) is 4. The third-order valence-electron chi connectivity index (χ3n) is 6.22. The molecule has 8 nitrogen and oxygen atoms in total. The van der Waals surface area contributed by atoms with Crippen LogP contribution in [0.3, 0.4) is 0 Å². The van der Waals surface area contributed by atoms with Crippen molar-refractivity contribution in [1.82, 2.24) is 18.4 Å². The van der Waals surface area contributed by atoms with Crippen molar-refractivity contribution in [2.45, 2.75) is 38.1 Å². The van der Waals surface area contributed by atoms with Gasteiger partial charge in [0.25, 0.3) is 10.2 Å². The average molecular weight is 424 g/mol. The molecule has 0 bridgehead atoms. The van der Waals surface area contributed by atoms with Crippen molar-refractivity contribution in [2.75, 3.05) is 59.4 Å². The van der Waals surface area contributed by atoms with Gasteiger partial charge in [-0.1, -0.05) is 12.8 Å². The summed E-state index contributed by atoms with van der Waals surface area (Å²) in [7, 11) is -1.42. The summed E-state index contributed by atoms with van der Waals surface area (Å²) in [5.74, 6) is -0.0385. The summed E-state index contributed by atoms with van der Waals surface area (Å²) in [4.78, 5) is 16.9. The molecule has 2 atom stereocenters. The highest BCUT2D eigenvalue weighted by Crippen LogP contribution is 2.33. The van der Waals surface area contributed by atoms with Gasteiger partial charge in [-0.2, -0.15) is 17.0 Å². The van der Waals surface area contributed by atoms with E-state index in [1.165, 1.54) is 4.31 Å². The van der Waals surface area contributed by atoms with E-state index in [1.807, 2.05) is 18.9 Å². The van der Waals surface area contributed by atoms with Gasteiger partial charge in [0, 0.05) is 57.9 Å². The molecule has 158 valence electrons. The van der Waals surface area contributed by atoms with Crippen LogP contribution in [0.25, 0.3) is 0 Å². The minimum atomic E-state index is -3.43. The molecule has 2 heterocycles. The second-order valence-corrected chi connectivity index (χ2v) is 10.2. The lowest BCUT2D eigenvalue weighted by Crippen LogP contribution is -2.60. The number of amides is 1. The minimum absolute atomic E-state index is 0. The summed E-state index contributed by atoms with van der Waals surface area (Å²) in [5, 5.41) is 0. The van der Waals surface area contributed by atoms with E-state index in [0.29, 0.717) is 39.3 Å². The van der Waals surface area contributed by atoms with Crippen LogP contribution in [0.15, 0.2) is 0 Å². The number of piperazine rings is 2. The molecular weight excluding hydrogens is 390 g/mol. The number of halogens is 1. The van der Waals surface area contributed by atoms with Crippen LogP contribution in [0.4, 0.5) is 0 Å². The van der Waals surface area contributed by atoms with Crippen molar-refractivity contribution in [2.24, 2.45) is 11.7 Å². The summed E-state index contributed by atoms with van der Waals surface area (Å²) in [6.07, 6.45) is 3.83. The van der Waals surface area contributed by atoms with Crippen LogP contribution >= 0.6 is 12.4 Å². The molecule has 2 saturated heterocycles. The number of likely N-dealkylation sites (N-methyl/N-ethyl adjacent to an activating group) is 1. The monoisotopic (exact) mass is 423 g/mol. The topological polar surface area (TPSA) is 90.2 Å². The second kappa shape index (κ2) is 8.92. The summed E-state index contributed by atoms with van der Waals surface area (Å²) in [6, 6.07) is 0. The first-order chi connectivity index (χ1) is 12.2. The van der Waals surface area contributed by atoms with Gasteiger partial charge in [-0.15, -0.1) is 12.4 Å². The molecular formula is C17H34ClN5O3S. The second-order valence-electron chi connectivity index (χ2n) is 8.24. The lowest BCUT2D eigenvalue weighted by molar-refractivity contribution is -0.140. The summed E-state index contributed by atoms with van der Waals surface area (Å²) < 4.78 is 28.8. The Balaban J connectivity index is 0.00000261. The van der Waals surface area contributed by atoms with Crippen LogP contribution in [0, 0.1) is 5.92 Å². The molecule has 3 rings (SSSR count). The van der Waals surface area contributed by atoms with E-state index >= 15 is 0 Å². The Morgan fingerprint density at radius 2 is 1.48 bits per heavy atom. The molecule has 1 saturated carbocycles. The van der Waals surface area contributed by atoms with Crippen molar-refractivity contribution < 1.29 is 13.2 Å². The van der Waals surface area contributed by atoms with Crippen LogP contribution in [0.5, 0.6) is 0 Å². The van der Waals surface area contributed by atoms with Gasteiger partial charge in [0.1, 0.15) is 0 Å². The Morgan fingerprint density at radius 1 is 0.963 bits per heavy atom. The smallest absolute Gasteiger partial charge is 0.282 e. The van der Waals surface area contributed by atoms with Gasteiger partial charge >= 0.3 is 0 Å². The predicted octanol–water partition coefficient (Wildman–Crippen LogP) is -0.0478. The maximum Gasteiger partial charge on any atom is 0.282 e. The Kier molecular flexibility index (Phi) is 7.54. The zero-order chi connectivity index (χ0) is 18.9. The van der Waals surface area contributed by atoms with Gasteiger partial charge in [0.2, 0.25) is 5.91 Å². The number of hydrogen-bond donors (Lipinski definition) is 1. The third-order valence-corrected chi connectivity index (χ3v) is 8.25. The molecule has 10 heteroatoms. The van der Waals surface area contributed by atoms with E-state index in [0.717, 1.165) is 38.8 Å². The normalized spacial score (nSPS) is 32.1. The molecule has 2 unspecified atom stereocenters.